The summed E-state index contributed by atoms with van der Waals surface area (Å²) in [5.41, 5.74) is 8.66. The molecule has 22 heavy (non-hydrogen) atoms. The zero-order valence-corrected chi connectivity index (χ0v) is 11.9. The molecule has 1 aliphatic heterocycles. The van der Waals surface area contributed by atoms with E-state index < -0.39 is 0 Å². The highest BCUT2D eigenvalue weighted by atomic mass is 16.7. The first-order chi connectivity index (χ1) is 10.6. The molecule has 0 spiro atoms. The van der Waals surface area contributed by atoms with E-state index in [1.807, 2.05) is 19.1 Å². The minimum atomic E-state index is -0.131. The molecule has 0 unspecified atom stereocenters. The number of nitrogens with two attached hydrogens (primary N) is 1. The fourth-order valence-corrected chi connectivity index (χ4v) is 2.48. The van der Waals surface area contributed by atoms with E-state index in [-0.39, 0.29) is 12.2 Å². The lowest BCUT2D eigenvalue weighted by molar-refractivity contribution is 0.174. The molecular weight excluding hydrogens is 282 g/mol. The van der Waals surface area contributed by atoms with E-state index in [0.717, 1.165) is 11.1 Å². The fourth-order valence-electron chi connectivity index (χ4n) is 2.48. The van der Waals surface area contributed by atoms with Crippen LogP contribution in [0.15, 0.2) is 45.6 Å². The largest absolute Gasteiger partial charge is 0.456 e. The van der Waals surface area contributed by atoms with Gasteiger partial charge in [-0.2, -0.15) is 0 Å². The summed E-state index contributed by atoms with van der Waals surface area (Å²) in [6, 6.07) is 10.4. The maximum Gasteiger partial charge on any atom is 0.231 e. The summed E-state index contributed by atoms with van der Waals surface area (Å²) in [5, 5.41) is 0.466. The Labute approximate surface area is 125 Å². The highest BCUT2D eigenvalue weighted by molar-refractivity contribution is 5.83. The number of aryl methyl sites for hydroxylation is 1. The first-order valence-electron chi connectivity index (χ1n) is 6.86. The maximum absolute atomic E-state index is 12.3. The van der Waals surface area contributed by atoms with Crippen LogP contribution in [0.4, 0.5) is 5.69 Å². The van der Waals surface area contributed by atoms with Gasteiger partial charge in [0.2, 0.25) is 6.79 Å². The molecule has 5 heteroatoms. The molecule has 2 heterocycles. The minimum Gasteiger partial charge on any atom is -0.456 e. The van der Waals surface area contributed by atoms with Crippen molar-refractivity contribution in [1.82, 2.24) is 0 Å². The quantitative estimate of drug-likeness (QED) is 0.698. The molecule has 0 fully saturated rings. The molecule has 0 aliphatic carbocycles. The van der Waals surface area contributed by atoms with Crippen LogP contribution in [-0.4, -0.2) is 6.79 Å². The smallest absolute Gasteiger partial charge is 0.231 e. The molecule has 5 nitrogen and oxygen atoms in total. The van der Waals surface area contributed by atoms with Crippen molar-refractivity contribution in [2.24, 2.45) is 0 Å². The lowest BCUT2D eigenvalue weighted by atomic mass is 10.1. The van der Waals surface area contributed by atoms with E-state index in [2.05, 4.69) is 0 Å². The van der Waals surface area contributed by atoms with Gasteiger partial charge in [-0.05, 0) is 24.6 Å². The number of fused-ring (bicyclic) bond motifs is 2. The van der Waals surface area contributed by atoms with Gasteiger partial charge in [-0.1, -0.05) is 12.1 Å². The highest BCUT2D eigenvalue weighted by Gasteiger charge is 2.17. The second-order valence-corrected chi connectivity index (χ2v) is 5.25. The third kappa shape index (κ3) is 1.90. The van der Waals surface area contributed by atoms with E-state index in [0.29, 0.717) is 33.9 Å². The van der Waals surface area contributed by atoms with E-state index in [4.69, 9.17) is 19.6 Å². The number of benzene rings is 2. The Hall–Kier alpha value is -2.95. The van der Waals surface area contributed by atoms with Crippen LogP contribution in [-0.2, 0) is 0 Å². The fraction of sp³-hybridized carbons (Fsp3) is 0.118. The zero-order chi connectivity index (χ0) is 15.3. The van der Waals surface area contributed by atoms with Gasteiger partial charge < -0.3 is 19.6 Å². The summed E-state index contributed by atoms with van der Waals surface area (Å²) in [7, 11) is 0. The van der Waals surface area contributed by atoms with E-state index in [1.54, 1.807) is 18.2 Å². The molecule has 1 aromatic heterocycles. The molecule has 0 bridgehead atoms. The van der Waals surface area contributed by atoms with Crippen LogP contribution in [0.25, 0.3) is 22.3 Å². The number of nitrogen functional groups attached to an aromatic ring is 1. The third-order valence-corrected chi connectivity index (χ3v) is 3.79. The summed E-state index contributed by atoms with van der Waals surface area (Å²) in [5.74, 6) is 1.62. The normalized spacial score (nSPS) is 12.8. The molecule has 0 amide bonds. The van der Waals surface area contributed by atoms with Gasteiger partial charge in [-0.15, -0.1) is 0 Å². The lowest BCUT2D eigenvalue weighted by Gasteiger charge is -2.06. The standard InChI is InChI=1S/C17H13NO4/c1-9-2-3-10(4-12(9)18)14-6-13(19)11-5-16-17(21-8-20-16)7-15(11)22-14/h2-7H,8,18H2,1H3. The van der Waals surface area contributed by atoms with E-state index >= 15 is 0 Å². The third-order valence-electron chi connectivity index (χ3n) is 3.79. The van der Waals surface area contributed by atoms with Crippen molar-refractivity contribution < 1.29 is 13.9 Å². The highest BCUT2D eigenvalue weighted by Crippen LogP contribution is 2.36. The van der Waals surface area contributed by atoms with Gasteiger partial charge in [0, 0.05) is 23.4 Å². The molecule has 0 saturated heterocycles. The summed E-state index contributed by atoms with van der Waals surface area (Å²) in [6.07, 6.45) is 0. The molecule has 2 aromatic carbocycles. The number of hydrogen-bond acceptors (Lipinski definition) is 5. The van der Waals surface area contributed by atoms with Crippen LogP contribution < -0.4 is 20.6 Å². The maximum atomic E-state index is 12.3. The minimum absolute atomic E-state index is 0.131. The van der Waals surface area contributed by atoms with Gasteiger partial charge in [-0.3, -0.25) is 4.79 Å². The predicted octanol–water partition coefficient (Wildman–Crippen LogP) is 3.08. The van der Waals surface area contributed by atoms with Crippen molar-refractivity contribution in [3.63, 3.8) is 0 Å². The summed E-state index contributed by atoms with van der Waals surface area (Å²) >= 11 is 0. The summed E-state index contributed by atoms with van der Waals surface area (Å²) in [4.78, 5) is 12.3. The molecule has 0 saturated carbocycles. The van der Waals surface area contributed by atoms with Crippen LogP contribution in [0.5, 0.6) is 11.5 Å². The first kappa shape index (κ1) is 12.8. The van der Waals surface area contributed by atoms with Crippen LogP contribution >= 0.6 is 0 Å². The van der Waals surface area contributed by atoms with Crippen molar-refractivity contribution in [3.8, 4) is 22.8 Å². The van der Waals surface area contributed by atoms with Crippen molar-refractivity contribution >= 4 is 16.7 Å². The number of hydrogen-bond donors (Lipinski definition) is 1. The van der Waals surface area contributed by atoms with Gasteiger partial charge >= 0.3 is 0 Å². The van der Waals surface area contributed by atoms with Crippen molar-refractivity contribution in [3.05, 3.63) is 52.2 Å². The number of anilines is 1. The Bertz CT molecular complexity index is 959. The number of rotatable bonds is 1. The molecular formula is C17H13NO4. The Morgan fingerprint density at radius 3 is 2.59 bits per heavy atom. The summed E-state index contributed by atoms with van der Waals surface area (Å²) < 4.78 is 16.5. The average molecular weight is 295 g/mol. The summed E-state index contributed by atoms with van der Waals surface area (Å²) in [6.45, 7) is 2.08. The second kappa shape index (κ2) is 4.53. The van der Waals surface area contributed by atoms with Crippen LogP contribution in [0, 0.1) is 6.92 Å². The Morgan fingerprint density at radius 2 is 1.82 bits per heavy atom. The van der Waals surface area contributed by atoms with Crippen molar-refractivity contribution in [1.29, 1.82) is 0 Å². The first-order valence-corrected chi connectivity index (χ1v) is 6.86. The Balaban J connectivity index is 1.94. The van der Waals surface area contributed by atoms with Gasteiger partial charge in [0.15, 0.2) is 16.9 Å². The zero-order valence-electron chi connectivity index (χ0n) is 11.9. The molecule has 1 aliphatic rings. The van der Waals surface area contributed by atoms with Crippen molar-refractivity contribution in [2.45, 2.75) is 6.92 Å². The van der Waals surface area contributed by atoms with Crippen LogP contribution in [0.2, 0.25) is 0 Å². The van der Waals surface area contributed by atoms with Gasteiger partial charge in [0.25, 0.3) is 0 Å². The second-order valence-electron chi connectivity index (χ2n) is 5.25. The number of ether oxygens (including phenoxy) is 2. The van der Waals surface area contributed by atoms with Crippen LogP contribution in [0.1, 0.15) is 5.56 Å². The van der Waals surface area contributed by atoms with Gasteiger partial charge in [0.1, 0.15) is 11.3 Å². The molecule has 3 aromatic rings. The molecule has 4 rings (SSSR count). The van der Waals surface area contributed by atoms with E-state index in [1.165, 1.54) is 6.07 Å². The Morgan fingerprint density at radius 1 is 1.05 bits per heavy atom. The molecule has 0 radical (unpaired) electrons. The lowest BCUT2D eigenvalue weighted by Crippen LogP contribution is -2.00. The van der Waals surface area contributed by atoms with Crippen molar-refractivity contribution in [2.75, 3.05) is 12.5 Å². The molecule has 2 N–H and O–H groups in total. The molecule has 0 atom stereocenters. The topological polar surface area (TPSA) is 74.7 Å². The van der Waals surface area contributed by atoms with E-state index in [9.17, 15) is 4.79 Å². The Kier molecular flexibility index (Phi) is 2.63. The van der Waals surface area contributed by atoms with Gasteiger partial charge in [0.05, 0.1) is 5.39 Å². The van der Waals surface area contributed by atoms with Gasteiger partial charge in [-0.25, -0.2) is 0 Å². The molecule has 110 valence electrons. The van der Waals surface area contributed by atoms with Crippen LogP contribution in [0.3, 0.4) is 0 Å². The monoisotopic (exact) mass is 295 g/mol. The predicted molar refractivity (Wildman–Crippen MR) is 83.2 cm³/mol. The SMILES string of the molecule is Cc1ccc(-c2cc(=O)c3cc4c(cc3o2)OCO4)cc1N. The average Bonchev–Trinajstić information content (AvgIpc) is 2.95.